The summed E-state index contributed by atoms with van der Waals surface area (Å²) in [6.45, 7) is 3.01. The molecule has 0 aromatic heterocycles. The van der Waals surface area contributed by atoms with Gasteiger partial charge in [0.15, 0.2) is 5.75 Å². The highest BCUT2D eigenvalue weighted by Crippen LogP contribution is 2.21. The van der Waals surface area contributed by atoms with Gasteiger partial charge >= 0.3 is 16.1 Å². The molecular formula is C12H15NO6S. The lowest BCUT2D eigenvalue weighted by Gasteiger charge is -2.13. The summed E-state index contributed by atoms with van der Waals surface area (Å²) in [5.74, 6) is -2.06. The molecule has 110 valence electrons. The number of carboxylic acid groups (broad SMARTS) is 1. The van der Waals surface area contributed by atoms with E-state index in [1.807, 2.05) is 0 Å². The summed E-state index contributed by atoms with van der Waals surface area (Å²) in [6, 6.07) is 3.24. The lowest BCUT2D eigenvalue weighted by atomic mass is 10.1. The number of amides is 1. The van der Waals surface area contributed by atoms with Crippen LogP contribution in [0.1, 0.15) is 22.8 Å². The zero-order valence-corrected chi connectivity index (χ0v) is 12.0. The molecule has 0 aliphatic carbocycles. The molecule has 1 aromatic rings. The molecule has 0 saturated carbocycles. The van der Waals surface area contributed by atoms with Gasteiger partial charge in [-0.05, 0) is 26.0 Å². The molecule has 1 atom stereocenters. The average Bonchev–Trinajstić information content (AvgIpc) is 2.29. The van der Waals surface area contributed by atoms with Crippen molar-refractivity contribution in [2.45, 2.75) is 19.9 Å². The van der Waals surface area contributed by atoms with Crippen LogP contribution in [0.4, 0.5) is 0 Å². The fraction of sp³-hybridized carbons (Fsp3) is 0.333. The lowest BCUT2D eigenvalue weighted by Crippen LogP contribution is -2.38. The Bertz CT molecular complexity index is 637. The van der Waals surface area contributed by atoms with E-state index in [4.69, 9.17) is 9.29 Å². The highest BCUT2D eigenvalue weighted by atomic mass is 32.2. The Hall–Kier alpha value is -2.09. The summed E-state index contributed by atoms with van der Waals surface area (Å²) >= 11 is 0. The maximum atomic E-state index is 12.0. The number of carbonyl (C=O) groups is 2. The fourth-order valence-corrected chi connectivity index (χ4v) is 1.86. The number of hydrogen-bond donors (Lipinski definition) is 2. The monoisotopic (exact) mass is 301 g/mol. The Labute approximate surface area is 116 Å². The summed E-state index contributed by atoms with van der Waals surface area (Å²) in [5.41, 5.74) is 0.669. The van der Waals surface area contributed by atoms with E-state index in [0.717, 1.165) is 6.26 Å². The number of hydrogen-bond acceptors (Lipinski definition) is 5. The number of carbonyl (C=O) groups excluding carboxylic acids is 1. The first kappa shape index (κ1) is 16.0. The molecule has 1 amide bonds. The molecule has 1 unspecified atom stereocenters. The van der Waals surface area contributed by atoms with E-state index >= 15 is 0 Å². The third kappa shape index (κ3) is 4.54. The minimum absolute atomic E-state index is 0.0384. The third-order valence-corrected chi connectivity index (χ3v) is 2.82. The molecule has 0 spiro atoms. The van der Waals surface area contributed by atoms with Gasteiger partial charge in [-0.3, -0.25) is 9.59 Å². The molecule has 0 bridgehead atoms. The molecule has 1 rings (SSSR count). The number of benzene rings is 1. The first-order valence-electron chi connectivity index (χ1n) is 5.64. The minimum Gasteiger partial charge on any atom is -0.480 e. The minimum atomic E-state index is -3.79. The maximum Gasteiger partial charge on any atom is 0.325 e. The number of nitrogens with one attached hydrogen (secondary N) is 1. The topological polar surface area (TPSA) is 110 Å². The Kier molecular flexibility index (Phi) is 4.72. The van der Waals surface area contributed by atoms with Crippen molar-refractivity contribution in [3.8, 4) is 5.75 Å². The fourth-order valence-electron chi connectivity index (χ4n) is 1.39. The van der Waals surface area contributed by atoms with Crippen LogP contribution in [0, 0.1) is 6.92 Å². The van der Waals surface area contributed by atoms with E-state index < -0.39 is 28.0 Å². The Morgan fingerprint density at radius 1 is 1.35 bits per heavy atom. The van der Waals surface area contributed by atoms with E-state index in [0.29, 0.717) is 5.56 Å². The van der Waals surface area contributed by atoms with Crippen LogP contribution in [0.3, 0.4) is 0 Å². The van der Waals surface area contributed by atoms with Crippen molar-refractivity contribution < 1.29 is 27.3 Å². The Morgan fingerprint density at radius 3 is 2.45 bits per heavy atom. The van der Waals surface area contributed by atoms with Crippen LogP contribution < -0.4 is 9.50 Å². The van der Waals surface area contributed by atoms with Crippen LogP contribution >= 0.6 is 0 Å². The van der Waals surface area contributed by atoms with Gasteiger partial charge in [0.25, 0.3) is 5.91 Å². The summed E-state index contributed by atoms with van der Waals surface area (Å²) in [7, 11) is -3.79. The molecule has 0 aliphatic rings. The predicted octanol–water partition coefficient (Wildman–Crippen LogP) is 0.536. The number of rotatable bonds is 5. The largest absolute Gasteiger partial charge is 0.480 e. The smallest absolute Gasteiger partial charge is 0.325 e. The van der Waals surface area contributed by atoms with Gasteiger partial charge in [-0.1, -0.05) is 11.6 Å². The van der Waals surface area contributed by atoms with Crippen molar-refractivity contribution >= 4 is 22.0 Å². The lowest BCUT2D eigenvalue weighted by molar-refractivity contribution is -0.138. The summed E-state index contributed by atoms with van der Waals surface area (Å²) in [6.07, 6.45) is 0.856. The predicted molar refractivity (Wildman–Crippen MR) is 71.2 cm³/mol. The van der Waals surface area contributed by atoms with Crippen LogP contribution in [-0.4, -0.2) is 37.7 Å². The van der Waals surface area contributed by atoms with Crippen molar-refractivity contribution in [3.05, 3.63) is 29.3 Å². The van der Waals surface area contributed by atoms with E-state index in [1.165, 1.54) is 19.1 Å². The summed E-state index contributed by atoms with van der Waals surface area (Å²) in [4.78, 5) is 22.7. The second-order valence-corrected chi connectivity index (χ2v) is 5.90. The highest BCUT2D eigenvalue weighted by Gasteiger charge is 2.20. The molecular weight excluding hydrogens is 286 g/mol. The standard InChI is InChI=1S/C12H15NO6S/c1-7-4-5-10(19-20(3,17)18)9(6-7)11(14)13-8(2)12(15)16/h4-6,8H,1-3H3,(H,13,14)(H,15,16). The number of aliphatic carboxylic acids is 1. The van der Waals surface area contributed by atoms with Gasteiger partial charge in [-0.2, -0.15) is 8.42 Å². The van der Waals surface area contributed by atoms with Crippen molar-refractivity contribution in [2.75, 3.05) is 6.26 Å². The van der Waals surface area contributed by atoms with E-state index in [9.17, 15) is 18.0 Å². The van der Waals surface area contributed by atoms with Gasteiger partial charge in [0.1, 0.15) is 6.04 Å². The normalized spacial score (nSPS) is 12.6. The Balaban J connectivity index is 3.12. The number of aryl methyl sites for hydroxylation is 1. The summed E-state index contributed by atoms with van der Waals surface area (Å²) in [5, 5.41) is 11.0. The zero-order valence-electron chi connectivity index (χ0n) is 11.2. The van der Waals surface area contributed by atoms with Gasteiger partial charge < -0.3 is 14.6 Å². The third-order valence-electron chi connectivity index (χ3n) is 2.34. The van der Waals surface area contributed by atoms with E-state index in [2.05, 4.69) is 5.32 Å². The van der Waals surface area contributed by atoms with Gasteiger partial charge in [-0.25, -0.2) is 0 Å². The van der Waals surface area contributed by atoms with Gasteiger partial charge in [0, 0.05) is 0 Å². The molecule has 1 aromatic carbocycles. The first-order chi connectivity index (χ1) is 9.10. The van der Waals surface area contributed by atoms with E-state index in [-0.39, 0.29) is 11.3 Å². The van der Waals surface area contributed by atoms with Crippen LogP contribution in [0.2, 0.25) is 0 Å². The van der Waals surface area contributed by atoms with E-state index in [1.54, 1.807) is 13.0 Å². The van der Waals surface area contributed by atoms with Crippen LogP contribution in [0.5, 0.6) is 5.75 Å². The van der Waals surface area contributed by atoms with Gasteiger partial charge in [0.2, 0.25) is 0 Å². The van der Waals surface area contributed by atoms with Crippen LogP contribution in [-0.2, 0) is 14.9 Å². The highest BCUT2D eigenvalue weighted by molar-refractivity contribution is 7.86. The van der Waals surface area contributed by atoms with Gasteiger partial charge in [-0.15, -0.1) is 0 Å². The molecule has 0 fully saturated rings. The molecule has 8 heteroatoms. The number of carboxylic acids is 1. The first-order valence-corrected chi connectivity index (χ1v) is 7.45. The SMILES string of the molecule is Cc1ccc(OS(C)(=O)=O)c(C(=O)NC(C)C(=O)O)c1. The average molecular weight is 301 g/mol. The van der Waals surface area contributed by atoms with Crippen molar-refractivity contribution in [1.29, 1.82) is 0 Å². The second kappa shape index (κ2) is 5.91. The molecule has 0 saturated heterocycles. The van der Waals surface area contributed by atoms with Crippen LogP contribution in [0.25, 0.3) is 0 Å². The zero-order chi connectivity index (χ0) is 15.5. The second-order valence-electron chi connectivity index (χ2n) is 4.32. The molecule has 0 aliphatic heterocycles. The molecule has 0 radical (unpaired) electrons. The van der Waals surface area contributed by atoms with Gasteiger partial charge in [0.05, 0.1) is 11.8 Å². The molecule has 20 heavy (non-hydrogen) atoms. The van der Waals surface area contributed by atoms with Crippen molar-refractivity contribution in [2.24, 2.45) is 0 Å². The van der Waals surface area contributed by atoms with Crippen molar-refractivity contribution in [3.63, 3.8) is 0 Å². The van der Waals surface area contributed by atoms with Crippen molar-refractivity contribution in [1.82, 2.24) is 5.32 Å². The molecule has 7 nitrogen and oxygen atoms in total. The quantitative estimate of drug-likeness (QED) is 0.768. The maximum absolute atomic E-state index is 12.0. The summed E-state index contributed by atoms with van der Waals surface area (Å²) < 4.78 is 27.0. The molecule has 2 N–H and O–H groups in total. The Morgan fingerprint density at radius 2 is 1.95 bits per heavy atom. The molecule has 0 heterocycles. The van der Waals surface area contributed by atoms with Crippen LogP contribution in [0.15, 0.2) is 18.2 Å².